The van der Waals surface area contributed by atoms with Crippen LogP contribution < -0.4 is 20.7 Å². The Morgan fingerprint density at radius 3 is 3.15 bits per heavy atom. The van der Waals surface area contributed by atoms with Crippen LogP contribution >= 0.6 is 0 Å². The summed E-state index contributed by atoms with van der Waals surface area (Å²) in [5.41, 5.74) is 0.349. The number of rotatable bonds is 3. The number of hydrogen-bond donors (Lipinski definition) is 3. The molecule has 1 fully saturated rings. The molecular weight excluding hydrogens is 262 g/mol. The van der Waals surface area contributed by atoms with Crippen LogP contribution in [0, 0.1) is 0 Å². The molecule has 2 rings (SSSR count). The average Bonchev–Trinajstić information content (AvgIpc) is 2.65. The molecule has 8 nitrogen and oxygen atoms in total. The van der Waals surface area contributed by atoms with Crippen molar-refractivity contribution in [2.24, 2.45) is 0 Å². The second-order valence-electron chi connectivity index (χ2n) is 4.38. The van der Waals surface area contributed by atoms with Gasteiger partial charge in [0.05, 0.1) is 13.3 Å². The zero-order valence-electron chi connectivity index (χ0n) is 11.2. The molecule has 2 heterocycles. The van der Waals surface area contributed by atoms with Crippen LogP contribution in [-0.2, 0) is 4.79 Å². The Morgan fingerprint density at radius 2 is 2.35 bits per heavy atom. The third kappa shape index (κ3) is 3.56. The number of urea groups is 1. The molecule has 1 unspecified atom stereocenters. The van der Waals surface area contributed by atoms with Crippen molar-refractivity contribution in [1.29, 1.82) is 0 Å². The van der Waals surface area contributed by atoms with Gasteiger partial charge in [-0.15, -0.1) is 0 Å². The van der Waals surface area contributed by atoms with Crippen molar-refractivity contribution < 1.29 is 14.3 Å². The molecule has 1 aromatic rings. The Hall–Kier alpha value is -2.38. The maximum absolute atomic E-state index is 11.9. The van der Waals surface area contributed by atoms with Crippen molar-refractivity contribution in [2.45, 2.75) is 25.3 Å². The lowest BCUT2D eigenvalue weighted by molar-refractivity contribution is -0.122. The minimum atomic E-state index is -0.520. The molecule has 1 aliphatic rings. The monoisotopic (exact) mass is 279 g/mol. The molecule has 1 aliphatic heterocycles. The van der Waals surface area contributed by atoms with E-state index in [1.54, 1.807) is 0 Å². The van der Waals surface area contributed by atoms with E-state index < -0.39 is 12.1 Å². The van der Waals surface area contributed by atoms with Gasteiger partial charge in [0.15, 0.2) is 0 Å². The molecule has 1 saturated heterocycles. The van der Waals surface area contributed by atoms with Crippen LogP contribution in [0.15, 0.2) is 12.5 Å². The third-order valence-electron chi connectivity index (χ3n) is 2.96. The summed E-state index contributed by atoms with van der Waals surface area (Å²) in [6.07, 6.45) is 5.19. The predicted octanol–water partition coefficient (Wildman–Crippen LogP) is 0.275. The van der Waals surface area contributed by atoms with E-state index in [9.17, 15) is 9.59 Å². The number of nitrogens with one attached hydrogen (secondary N) is 3. The normalized spacial score (nSPS) is 18.6. The second kappa shape index (κ2) is 6.69. The number of carbonyl (C=O) groups excluding carboxylic acids is 2. The molecule has 20 heavy (non-hydrogen) atoms. The molecule has 0 radical (unpaired) electrons. The van der Waals surface area contributed by atoms with Crippen LogP contribution in [0.1, 0.15) is 19.3 Å². The Kier molecular flexibility index (Phi) is 4.70. The zero-order chi connectivity index (χ0) is 14.4. The van der Waals surface area contributed by atoms with Gasteiger partial charge in [-0.1, -0.05) is 0 Å². The number of aromatic nitrogens is 2. The van der Waals surface area contributed by atoms with Crippen LogP contribution in [-0.4, -0.2) is 41.6 Å². The topological polar surface area (TPSA) is 105 Å². The highest BCUT2D eigenvalue weighted by atomic mass is 16.5. The number of methoxy groups -OCH3 is 1. The first kappa shape index (κ1) is 14.0. The summed E-state index contributed by atoms with van der Waals surface area (Å²) < 4.78 is 5.00. The summed E-state index contributed by atoms with van der Waals surface area (Å²) in [5, 5.41) is 7.96. The number of nitrogens with zero attached hydrogens (tertiary/aromatic N) is 2. The van der Waals surface area contributed by atoms with Crippen LogP contribution in [0.3, 0.4) is 0 Å². The lowest BCUT2D eigenvalue weighted by Crippen LogP contribution is -2.47. The lowest BCUT2D eigenvalue weighted by Gasteiger charge is -2.16. The Bertz CT molecular complexity index is 494. The molecule has 0 bridgehead atoms. The van der Waals surface area contributed by atoms with E-state index in [1.165, 1.54) is 19.6 Å². The summed E-state index contributed by atoms with van der Waals surface area (Å²) in [7, 11) is 1.45. The fraction of sp³-hybridized carbons (Fsp3) is 0.500. The first-order valence-corrected chi connectivity index (χ1v) is 6.40. The van der Waals surface area contributed by atoms with Gasteiger partial charge < -0.3 is 20.7 Å². The van der Waals surface area contributed by atoms with Gasteiger partial charge >= 0.3 is 6.03 Å². The minimum absolute atomic E-state index is 0.158. The molecule has 8 heteroatoms. The fourth-order valence-electron chi connectivity index (χ4n) is 1.96. The maximum Gasteiger partial charge on any atom is 0.320 e. The van der Waals surface area contributed by atoms with Crippen LogP contribution in [0.25, 0.3) is 0 Å². The van der Waals surface area contributed by atoms with E-state index in [0.29, 0.717) is 18.7 Å². The van der Waals surface area contributed by atoms with E-state index in [4.69, 9.17) is 4.74 Å². The Labute approximate surface area is 116 Å². The highest BCUT2D eigenvalue weighted by Gasteiger charge is 2.22. The van der Waals surface area contributed by atoms with Gasteiger partial charge in [0.25, 0.3) is 0 Å². The lowest BCUT2D eigenvalue weighted by atomic mass is 10.1. The zero-order valence-corrected chi connectivity index (χ0v) is 11.2. The van der Waals surface area contributed by atoms with Gasteiger partial charge in [-0.05, 0) is 19.3 Å². The molecule has 0 saturated carbocycles. The molecule has 1 atom stereocenters. The van der Waals surface area contributed by atoms with E-state index >= 15 is 0 Å². The summed E-state index contributed by atoms with van der Waals surface area (Å²) in [5.74, 6) is 0.106. The first-order valence-electron chi connectivity index (χ1n) is 6.40. The number of ether oxygens (including phenoxy) is 1. The van der Waals surface area contributed by atoms with Crippen LogP contribution in [0.2, 0.25) is 0 Å². The molecule has 0 spiro atoms. The second-order valence-corrected chi connectivity index (χ2v) is 4.38. The van der Waals surface area contributed by atoms with Crippen LogP contribution in [0.4, 0.5) is 10.5 Å². The molecule has 0 aromatic carbocycles. The summed E-state index contributed by atoms with van der Waals surface area (Å²) in [6.45, 7) is 0.652. The standard InChI is InChI=1S/C12H17N5O3/c1-20-11-9(6-13-7-15-11)17-12(19)16-8-4-2-3-5-14-10(8)18/h6-8H,2-5H2,1H3,(H,14,18)(H2,16,17,19). The summed E-state index contributed by atoms with van der Waals surface area (Å²) in [6, 6.07) is -1.01. The molecule has 3 amide bonds. The van der Waals surface area contributed by atoms with E-state index in [2.05, 4.69) is 25.9 Å². The number of hydrogen-bond acceptors (Lipinski definition) is 5. The van der Waals surface area contributed by atoms with Crippen molar-refractivity contribution in [2.75, 3.05) is 19.0 Å². The Balaban J connectivity index is 1.96. The number of anilines is 1. The van der Waals surface area contributed by atoms with E-state index in [0.717, 1.165) is 12.8 Å². The van der Waals surface area contributed by atoms with Gasteiger partial charge in [-0.3, -0.25) is 4.79 Å². The largest absolute Gasteiger partial charge is 0.479 e. The van der Waals surface area contributed by atoms with Crippen molar-refractivity contribution in [3.05, 3.63) is 12.5 Å². The van der Waals surface area contributed by atoms with Gasteiger partial charge in [-0.25, -0.2) is 9.78 Å². The maximum atomic E-state index is 11.9. The number of carbonyl (C=O) groups is 2. The van der Waals surface area contributed by atoms with Gasteiger partial charge in [0.2, 0.25) is 11.8 Å². The molecule has 3 N–H and O–H groups in total. The number of amides is 3. The van der Waals surface area contributed by atoms with Gasteiger partial charge in [0.1, 0.15) is 18.1 Å². The van der Waals surface area contributed by atoms with Crippen molar-refractivity contribution in [3.63, 3.8) is 0 Å². The molecule has 1 aromatic heterocycles. The minimum Gasteiger partial charge on any atom is -0.479 e. The first-order chi connectivity index (χ1) is 9.70. The average molecular weight is 279 g/mol. The third-order valence-corrected chi connectivity index (χ3v) is 2.96. The van der Waals surface area contributed by atoms with Gasteiger partial charge in [-0.2, -0.15) is 4.98 Å². The highest BCUT2D eigenvalue weighted by Crippen LogP contribution is 2.18. The molecular formula is C12H17N5O3. The smallest absolute Gasteiger partial charge is 0.320 e. The Morgan fingerprint density at radius 1 is 1.50 bits per heavy atom. The van der Waals surface area contributed by atoms with Gasteiger partial charge in [0, 0.05) is 6.54 Å². The molecule has 0 aliphatic carbocycles. The van der Waals surface area contributed by atoms with Crippen molar-refractivity contribution >= 4 is 17.6 Å². The van der Waals surface area contributed by atoms with E-state index in [-0.39, 0.29) is 11.8 Å². The SMILES string of the molecule is COc1ncncc1NC(=O)NC1CCCCNC1=O. The van der Waals surface area contributed by atoms with Crippen molar-refractivity contribution in [1.82, 2.24) is 20.6 Å². The fourth-order valence-corrected chi connectivity index (χ4v) is 1.96. The van der Waals surface area contributed by atoms with Crippen molar-refractivity contribution in [3.8, 4) is 5.88 Å². The molecule has 108 valence electrons. The van der Waals surface area contributed by atoms with E-state index in [1.807, 2.05) is 0 Å². The summed E-state index contributed by atoms with van der Waals surface area (Å²) >= 11 is 0. The summed E-state index contributed by atoms with van der Waals surface area (Å²) in [4.78, 5) is 31.3. The predicted molar refractivity (Wildman–Crippen MR) is 71.4 cm³/mol. The quantitative estimate of drug-likeness (QED) is 0.736. The highest BCUT2D eigenvalue weighted by molar-refractivity contribution is 5.94. The van der Waals surface area contributed by atoms with Crippen LogP contribution in [0.5, 0.6) is 5.88 Å².